The highest BCUT2D eigenvalue weighted by atomic mass is 16.4. The first-order chi connectivity index (χ1) is 7.91. The van der Waals surface area contributed by atoms with Gasteiger partial charge in [0.15, 0.2) is 0 Å². The van der Waals surface area contributed by atoms with Crippen molar-refractivity contribution in [1.82, 2.24) is 15.1 Å². The molecule has 1 rings (SSSR count). The molecule has 0 saturated carbocycles. The summed E-state index contributed by atoms with van der Waals surface area (Å²) in [5.74, 6) is -0.993. The third-order valence-corrected chi connectivity index (χ3v) is 2.75. The molecule has 0 aliphatic heterocycles. The summed E-state index contributed by atoms with van der Waals surface area (Å²) in [6, 6.07) is 0. The Bertz CT molecular complexity index is 401. The maximum Gasteiger partial charge on any atom is 0.306 e. The molecule has 0 fully saturated rings. The molecule has 17 heavy (non-hydrogen) atoms. The van der Waals surface area contributed by atoms with E-state index in [0.29, 0.717) is 6.54 Å². The van der Waals surface area contributed by atoms with Crippen molar-refractivity contribution in [3.63, 3.8) is 0 Å². The lowest BCUT2D eigenvalue weighted by Gasteiger charge is -2.09. The van der Waals surface area contributed by atoms with E-state index in [0.717, 1.165) is 17.0 Å². The predicted octanol–water partition coefficient (Wildman–Crippen LogP) is -0.0379. The zero-order chi connectivity index (χ0) is 13.0. The molecule has 0 spiro atoms. The number of aliphatic carboxylic acids is 1. The summed E-state index contributed by atoms with van der Waals surface area (Å²) in [4.78, 5) is 10.4. The summed E-state index contributed by atoms with van der Waals surface area (Å²) in [6.07, 6.45) is -1.09. The average Bonchev–Trinajstić information content (AvgIpc) is 2.43. The second kappa shape index (κ2) is 5.79. The first-order valence-corrected chi connectivity index (χ1v) is 5.51. The molecule has 0 aliphatic carbocycles. The van der Waals surface area contributed by atoms with Gasteiger partial charge in [-0.1, -0.05) is 0 Å². The monoisotopic (exact) mass is 241 g/mol. The number of aliphatic hydroxyl groups is 1. The van der Waals surface area contributed by atoms with Gasteiger partial charge in [-0.2, -0.15) is 5.10 Å². The second-order valence-electron chi connectivity index (χ2n) is 4.16. The summed E-state index contributed by atoms with van der Waals surface area (Å²) < 4.78 is 1.81. The standard InChI is InChI=1S/C11H19N3O3/c1-7-10(8(2)14(3)13-7)6-12-5-9(15)4-11(16)17/h9,12,15H,4-6H2,1-3H3,(H,16,17). The van der Waals surface area contributed by atoms with Gasteiger partial charge in [-0.05, 0) is 13.8 Å². The first kappa shape index (κ1) is 13.7. The molecule has 0 bridgehead atoms. The van der Waals surface area contributed by atoms with Crippen LogP contribution < -0.4 is 5.32 Å². The number of hydrogen-bond donors (Lipinski definition) is 3. The quantitative estimate of drug-likeness (QED) is 0.650. The van der Waals surface area contributed by atoms with E-state index < -0.39 is 12.1 Å². The van der Waals surface area contributed by atoms with Crippen LogP contribution in [-0.2, 0) is 18.4 Å². The summed E-state index contributed by atoms with van der Waals surface area (Å²) in [5, 5.41) is 25.2. The lowest BCUT2D eigenvalue weighted by Crippen LogP contribution is -2.28. The van der Waals surface area contributed by atoms with Crippen LogP contribution in [0.4, 0.5) is 0 Å². The SMILES string of the molecule is Cc1nn(C)c(C)c1CNCC(O)CC(=O)O. The van der Waals surface area contributed by atoms with E-state index in [2.05, 4.69) is 10.4 Å². The highest BCUT2D eigenvalue weighted by Gasteiger charge is 2.11. The first-order valence-electron chi connectivity index (χ1n) is 5.51. The van der Waals surface area contributed by atoms with Crippen LogP contribution in [0.15, 0.2) is 0 Å². The third kappa shape index (κ3) is 3.83. The molecule has 96 valence electrons. The minimum absolute atomic E-state index is 0.238. The van der Waals surface area contributed by atoms with E-state index in [1.54, 1.807) is 4.68 Å². The molecule has 1 heterocycles. The van der Waals surface area contributed by atoms with Gasteiger partial charge in [0.2, 0.25) is 0 Å². The molecule has 0 amide bonds. The maximum absolute atomic E-state index is 10.4. The zero-order valence-corrected chi connectivity index (χ0v) is 10.4. The van der Waals surface area contributed by atoms with E-state index in [4.69, 9.17) is 5.11 Å². The predicted molar refractivity (Wildman–Crippen MR) is 62.6 cm³/mol. The molecule has 1 aromatic rings. The number of carboxylic acid groups (broad SMARTS) is 1. The lowest BCUT2D eigenvalue weighted by molar-refractivity contribution is -0.139. The maximum atomic E-state index is 10.4. The van der Waals surface area contributed by atoms with Crippen molar-refractivity contribution in [3.8, 4) is 0 Å². The molecule has 1 aromatic heterocycles. The van der Waals surface area contributed by atoms with Crippen LogP contribution in [0, 0.1) is 13.8 Å². The number of rotatable bonds is 6. The van der Waals surface area contributed by atoms with Crippen molar-refractivity contribution < 1.29 is 15.0 Å². The van der Waals surface area contributed by atoms with E-state index in [1.807, 2.05) is 20.9 Å². The summed E-state index contributed by atoms with van der Waals surface area (Å²) >= 11 is 0. The van der Waals surface area contributed by atoms with E-state index in [-0.39, 0.29) is 13.0 Å². The number of carbonyl (C=O) groups is 1. The van der Waals surface area contributed by atoms with E-state index in [9.17, 15) is 9.90 Å². The van der Waals surface area contributed by atoms with Gasteiger partial charge in [-0.3, -0.25) is 9.48 Å². The van der Waals surface area contributed by atoms with Crippen molar-refractivity contribution in [2.45, 2.75) is 32.9 Å². The van der Waals surface area contributed by atoms with Crippen LogP contribution >= 0.6 is 0 Å². The third-order valence-electron chi connectivity index (χ3n) is 2.75. The van der Waals surface area contributed by atoms with Crippen LogP contribution in [0.2, 0.25) is 0 Å². The Labute approximate surface area is 100 Å². The zero-order valence-electron chi connectivity index (χ0n) is 10.4. The Balaban J connectivity index is 2.43. The lowest BCUT2D eigenvalue weighted by atomic mass is 10.2. The van der Waals surface area contributed by atoms with Crippen molar-refractivity contribution >= 4 is 5.97 Å². The van der Waals surface area contributed by atoms with Gasteiger partial charge in [0, 0.05) is 31.4 Å². The average molecular weight is 241 g/mol. The topological polar surface area (TPSA) is 87.4 Å². The molecule has 6 heteroatoms. The second-order valence-corrected chi connectivity index (χ2v) is 4.16. The van der Waals surface area contributed by atoms with Crippen LogP contribution in [-0.4, -0.2) is 38.6 Å². The number of carboxylic acids is 1. The summed E-state index contributed by atoms with van der Waals surface area (Å²) in [5.41, 5.74) is 3.11. The normalized spacial score (nSPS) is 12.7. The minimum Gasteiger partial charge on any atom is -0.481 e. The van der Waals surface area contributed by atoms with Crippen molar-refractivity contribution in [2.75, 3.05) is 6.54 Å². The Hall–Kier alpha value is -1.40. The number of aromatic nitrogens is 2. The van der Waals surface area contributed by atoms with Gasteiger partial charge in [0.05, 0.1) is 18.2 Å². The van der Waals surface area contributed by atoms with E-state index in [1.165, 1.54) is 0 Å². The van der Waals surface area contributed by atoms with Crippen LogP contribution in [0.25, 0.3) is 0 Å². The molecule has 1 unspecified atom stereocenters. The number of nitrogens with zero attached hydrogens (tertiary/aromatic N) is 2. The van der Waals surface area contributed by atoms with Gasteiger partial charge in [0.25, 0.3) is 0 Å². The number of aliphatic hydroxyl groups excluding tert-OH is 1. The highest BCUT2D eigenvalue weighted by Crippen LogP contribution is 2.11. The molecule has 0 aromatic carbocycles. The van der Waals surface area contributed by atoms with Gasteiger partial charge in [-0.15, -0.1) is 0 Å². The fourth-order valence-electron chi connectivity index (χ4n) is 1.71. The summed E-state index contributed by atoms with van der Waals surface area (Å²) in [7, 11) is 1.88. The van der Waals surface area contributed by atoms with Gasteiger partial charge in [0.1, 0.15) is 0 Å². The Kier molecular flexibility index (Phi) is 4.65. The van der Waals surface area contributed by atoms with Crippen LogP contribution in [0.1, 0.15) is 23.4 Å². The fourth-order valence-corrected chi connectivity index (χ4v) is 1.71. The van der Waals surface area contributed by atoms with Gasteiger partial charge < -0.3 is 15.5 Å². The van der Waals surface area contributed by atoms with Gasteiger partial charge in [-0.25, -0.2) is 0 Å². The number of nitrogens with one attached hydrogen (secondary N) is 1. The molecular formula is C11H19N3O3. The molecule has 6 nitrogen and oxygen atoms in total. The fraction of sp³-hybridized carbons (Fsp3) is 0.636. The van der Waals surface area contributed by atoms with E-state index >= 15 is 0 Å². The number of aryl methyl sites for hydroxylation is 2. The van der Waals surface area contributed by atoms with Crippen molar-refractivity contribution in [2.24, 2.45) is 7.05 Å². The molecule has 3 N–H and O–H groups in total. The largest absolute Gasteiger partial charge is 0.481 e. The van der Waals surface area contributed by atoms with Gasteiger partial charge >= 0.3 is 5.97 Å². The van der Waals surface area contributed by atoms with Crippen LogP contribution in [0.3, 0.4) is 0 Å². The Morgan fingerprint density at radius 2 is 2.18 bits per heavy atom. The molecular weight excluding hydrogens is 222 g/mol. The molecule has 0 radical (unpaired) electrons. The molecule has 0 saturated heterocycles. The van der Waals surface area contributed by atoms with Crippen molar-refractivity contribution in [3.05, 3.63) is 17.0 Å². The molecule has 1 atom stereocenters. The minimum atomic E-state index is -0.993. The smallest absolute Gasteiger partial charge is 0.306 e. The van der Waals surface area contributed by atoms with Crippen LogP contribution in [0.5, 0.6) is 0 Å². The Morgan fingerprint density at radius 1 is 1.53 bits per heavy atom. The molecule has 0 aliphatic rings. The van der Waals surface area contributed by atoms with Crippen molar-refractivity contribution in [1.29, 1.82) is 0 Å². The number of hydrogen-bond acceptors (Lipinski definition) is 4. The summed E-state index contributed by atoms with van der Waals surface area (Å²) in [6.45, 7) is 4.75. The Morgan fingerprint density at radius 3 is 2.65 bits per heavy atom. The highest BCUT2D eigenvalue weighted by molar-refractivity contribution is 5.67.